The van der Waals surface area contributed by atoms with Crippen molar-refractivity contribution in [3.8, 4) is 0 Å². The molecule has 26 heavy (non-hydrogen) atoms. The van der Waals surface area contributed by atoms with Crippen molar-refractivity contribution in [2.45, 2.75) is 50.8 Å². The monoisotopic (exact) mass is 431 g/mol. The van der Waals surface area contributed by atoms with Crippen LogP contribution in [0.5, 0.6) is 0 Å². The molecular formula is C22H26BrNOS. The Bertz CT molecular complexity index is 744. The Labute approximate surface area is 169 Å². The van der Waals surface area contributed by atoms with E-state index in [4.69, 9.17) is 0 Å². The van der Waals surface area contributed by atoms with E-state index in [-0.39, 0.29) is 11.9 Å². The third-order valence-corrected chi connectivity index (χ3v) is 6.47. The maximum atomic E-state index is 12.4. The topological polar surface area (TPSA) is 29.1 Å². The molecule has 1 aliphatic carbocycles. The van der Waals surface area contributed by atoms with Crippen molar-refractivity contribution in [2.24, 2.45) is 0 Å². The Morgan fingerprint density at radius 1 is 1.12 bits per heavy atom. The molecule has 2 aromatic rings. The number of aryl methyl sites for hydroxylation is 2. The molecule has 138 valence electrons. The fourth-order valence-electron chi connectivity index (χ4n) is 3.47. The highest BCUT2D eigenvalue weighted by molar-refractivity contribution is 9.10. The third-order valence-electron chi connectivity index (χ3n) is 4.93. The molecule has 2 aromatic carbocycles. The zero-order chi connectivity index (χ0) is 18.4. The number of fused-ring (bicyclic) bond motifs is 1. The van der Waals surface area contributed by atoms with Crippen LogP contribution in [0.2, 0.25) is 0 Å². The molecule has 1 aliphatic rings. The number of halogens is 1. The van der Waals surface area contributed by atoms with E-state index in [2.05, 4.69) is 58.5 Å². The summed E-state index contributed by atoms with van der Waals surface area (Å²) in [5, 5.41) is 3.22. The zero-order valence-electron chi connectivity index (χ0n) is 15.3. The number of hydrogen-bond acceptors (Lipinski definition) is 2. The van der Waals surface area contributed by atoms with Crippen LogP contribution in [0.15, 0.2) is 46.9 Å². The van der Waals surface area contributed by atoms with E-state index in [1.165, 1.54) is 47.9 Å². The molecule has 3 rings (SSSR count). The van der Waals surface area contributed by atoms with E-state index >= 15 is 0 Å². The molecule has 2 nitrogen and oxygen atoms in total. The van der Waals surface area contributed by atoms with Crippen LogP contribution in [-0.4, -0.2) is 11.7 Å². The van der Waals surface area contributed by atoms with Crippen molar-refractivity contribution in [2.75, 3.05) is 5.75 Å². The molecule has 0 bridgehead atoms. The summed E-state index contributed by atoms with van der Waals surface area (Å²) in [4.78, 5) is 12.4. The summed E-state index contributed by atoms with van der Waals surface area (Å²) in [5.74, 6) is 1.48. The molecule has 1 amide bonds. The number of benzene rings is 2. The number of thioether (sulfide) groups is 1. The van der Waals surface area contributed by atoms with Gasteiger partial charge >= 0.3 is 0 Å². The smallest absolute Gasteiger partial charge is 0.230 e. The fourth-order valence-corrected chi connectivity index (χ4v) is 4.53. The van der Waals surface area contributed by atoms with Gasteiger partial charge in [-0.25, -0.2) is 0 Å². The van der Waals surface area contributed by atoms with Gasteiger partial charge in [-0.1, -0.05) is 53.2 Å². The van der Waals surface area contributed by atoms with Gasteiger partial charge < -0.3 is 5.32 Å². The molecule has 0 aliphatic heterocycles. The van der Waals surface area contributed by atoms with E-state index in [1.54, 1.807) is 11.8 Å². The van der Waals surface area contributed by atoms with E-state index in [0.717, 1.165) is 16.6 Å². The number of carbonyl (C=O) groups is 1. The first kappa shape index (κ1) is 19.5. The van der Waals surface area contributed by atoms with Crippen LogP contribution in [0, 0.1) is 0 Å². The summed E-state index contributed by atoms with van der Waals surface area (Å²) in [6.45, 7) is 2.14. The standard InChI is InChI=1S/C22H26BrNOS/c1-2-21(19-10-9-17-5-3-4-6-18(17)13-19)24-22(25)15-26-14-16-7-11-20(23)12-8-16/h7-13,21H,2-6,14-15H2,1H3,(H,24,25)/t21-/m0/s1. The van der Waals surface area contributed by atoms with Gasteiger partial charge in [-0.3, -0.25) is 4.79 Å². The molecule has 0 radical (unpaired) electrons. The summed E-state index contributed by atoms with van der Waals surface area (Å²) >= 11 is 5.11. The van der Waals surface area contributed by atoms with E-state index < -0.39 is 0 Å². The van der Waals surface area contributed by atoms with Gasteiger partial charge in [-0.2, -0.15) is 0 Å². The van der Waals surface area contributed by atoms with E-state index in [9.17, 15) is 4.79 Å². The Hall–Kier alpha value is -1.26. The Kier molecular flexibility index (Phi) is 7.21. The summed E-state index contributed by atoms with van der Waals surface area (Å²) < 4.78 is 1.08. The average Bonchev–Trinajstić information content (AvgIpc) is 2.67. The lowest BCUT2D eigenvalue weighted by Crippen LogP contribution is -2.29. The fraction of sp³-hybridized carbons (Fsp3) is 0.409. The maximum Gasteiger partial charge on any atom is 0.230 e. The number of hydrogen-bond donors (Lipinski definition) is 1. The second-order valence-corrected chi connectivity index (χ2v) is 8.78. The molecule has 0 saturated heterocycles. The summed E-state index contributed by atoms with van der Waals surface area (Å²) in [6, 6.07) is 15.2. The summed E-state index contributed by atoms with van der Waals surface area (Å²) in [5.41, 5.74) is 5.46. The van der Waals surface area contributed by atoms with Crippen molar-refractivity contribution in [1.29, 1.82) is 0 Å². The molecule has 0 unspecified atom stereocenters. The van der Waals surface area contributed by atoms with Gasteiger partial charge in [-0.05, 0) is 66.5 Å². The Balaban J connectivity index is 1.52. The minimum atomic E-state index is 0.114. The third kappa shape index (κ3) is 5.37. The highest BCUT2D eigenvalue weighted by Gasteiger charge is 2.16. The molecule has 4 heteroatoms. The van der Waals surface area contributed by atoms with Crippen molar-refractivity contribution in [3.05, 3.63) is 69.2 Å². The van der Waals surface area contributed by atoms with Gasteiger partial charge in [0.25, 0.3) is 0 Å². The molecule has 0 fully saturated rings. The number of rotatable bonds is 7. The van der Waals surface area contributed by atoms with Gasteiger partial charge in [0.15, 0.2) is 0 Å². The van der Waals surface area contributed by atoms with Gasteiger partial charge in [0, 0.05) is 10.2 Å². The molecule has 1 atom stereocenters. The normalized spacial score (nSPS) is 14.5. The predicted octanol–water partition coefficient (Wildman–Crippen LogP) is 5.83. The van der Waals surface area contributed by atoms with Gasteiger partial charge in [0.1, 0.15) is 0 Å². The minimum absolute atomic E-state index is 0.114. The molecule has 1 N–H and O–H groups in total. The van der Waals surface area contributed by atoms with Gasteiger partial charge in [0.2, 0.25) is 5.91 Å². The zero-order valence-corrected chi connectivity index (χ0v) is 17.7. The van der Waals surface area contributed by atoms with Crippen LogP contribution in [0.1, 0.15) is 54.5 Å². The molecule has 0 spiro atoms. The second-order valence-electron chi connectivity index (χ2n) is 6.88. The van der Waals surface area contributed by atoms with Crippen LogP contribution in [0.4, 0.5) is 0 Å². The maximum absolute atomic E-state index is 12.4. The van der Waals surface area contributed by atoms with Gasteiger partial charge in [-0.15, -0.1) is 11.8 Å². The summed E-state index contributed by atoms with van der Waals surface area (Å²) in [7, 11) is 0. The Morgan fingerprint density at radius 2 is 1.85 bits per heavy atom. The first-order chi connectivity index (χ1) is 12.7. The SMILES string of the molecule is CC[C@H](NC(=O)CSCc1ccc(Br)cc1)c1ccc2c(c1)CCCC2. The quantitative estimate of drug-likeness (QED) is 0.597. The van der Waals surface area contributed by atoms with Crippen LogP contribution < -0.4 is 5.32 Å². The van der Waals surface area contributed by atoms with E-state index in [0.29, 0.717) is 5.75 Å². The lowest BCUT2D eigenvalue weighted by Gasteiger charge is -2.21. The van der Waals surface area contributed by atoms with E-state index in [1.807, 2.05) is 12.1 Å². The second kappa shape index (κ2) is 9.61. The van der Waals surface area contributed by atoms with Crippen LogP contribution in [-0.2, 0) is 23.4 Å². The van der Waals surface area contributed by atoms with Crippen LogP contribution in [0.25, 0.3) is 0 Å². The predicted molar refractivity (Wildman–Crippen MR) is 115 cm³/mol. The largest absolute Gasteiger partial charge is 0.349 e. The van der Waals surface area contributed by atoms with Crippen LogP contribution >= 0.6 is 27.7 Å². The lowest BCUT2D eigenvalue weighted by atomic mass is 9.89. The first-order valence-corrected chi connectivity index (χ1v) is 11.3. The van der Waals surface area contributed by atoms with Crippen molar-refractivity contribution < 1.29 is 4.79 Å². The van der Waals surface area contributed by atoms with Crippen molar-refractivity contribution in [3.63, 3.8) is 0 Å². The highest BCUT2D eigenvalue weighted by atomic mass is 79.9. The van der Waals surface area contributed by atoms with Gasteiger partial charge in [0.05, 0.1) is 11.8 Å². The minimum Gasteiger partial charge on any atom is -0.349 e. The van der Waals surface area contributed by atoms with Crippen molar-refractivity contribution in [1.82, 2.24) is 5.32 Å². The number of carbonyl (C=O) groups excluding carboxylic acids is 1. The first-order valence-electron chi connectivity index (χ1n) is 9.39. The van der Waals surface area contributed by atoms with Crippen molar-refractivity contribution >= 4 is 33.6 Å². The average molecular weight is 432 g/mol. The lowest BCUT2D eigenvalue weighted by molar-refractivity contribution is -0.119. The number of nitrogens with one attached hydrogen (secondary N) is 1. The van der Waals surface area contributed by atoms with Crippen LogP contribution in [0.3, 0.4) is 0 Å². The summed E-state index contributed by atoms with van der Waals surface area (Å²) in [6.07, 6.45) is 5.88. The highest BCUT2D eigenvalue weighted by Crippen LogP contribution is 2.26. The molecule has 0 saturated carbocycles. The molecular weight excluding hydrogens is 406 g/mol. The number of amides is 1. The Morgan fingerprint density at radius 3 is 2.58 bits per heavy atom. The molecule has 0 heterocycles. The molecule has 0 aromatic heterocycles.